The zero-order valence-electron chi connectivity index (χ0n) is 11.0. The summed E-state index contributed by atoms with van der Waals surface area (Å²) < 4.78 is 0. The van der Waals surface area contributed by atoms with Crippen LogP contribution in [-0.2, 0) is 4.79 Å². The Morgan fingerprint density at radius 3 is 2.86 bits per heavy atom. The zero-order chi connectivity index (χ0) is 15.1. The lowest BCUT2D eigenvalue weighted by Gasteiger charge is -2.06. The number of amides is 1. The van der Waals surface area contributed by atoms with Crippen molar-refractivity contribution in [3.05, 3.63) is 41.6 Å². The molecule has 0 atom stereocenters. The van der Waals surface area contributed by atoms with Crippen molar-refractivity contribution in [1.29, 1.82) is 10.5 Å². The number of amidine groups is 1. The molecule has 1 amide bonds. The summed E-state index contributed by atoms with van der Waals surface area (Å²) in [5.74, 6) is 0.316. The Kier molecular flexibility index (Phi) is 4.97. The van der Waals surface area contributed by atoms with Gasteiger partial charge in [0.15, 0.2) is 5.17 Å². The summed E-state index contributed by atoms with van der Waals surface area (Å²) in [6, 6.07) is 10.4. The van der Waals surface area contributed by atoms with Gasteiger partial charge in [-0.05, 0) is 12.1 Å². The molecular formula is C14H11N5OS. The Labute approximate surface area is 126 Å². The quantitative estimate of drug-likeness (QED) is 0.652. The van der Waals surface area contributed by atoms with Crippen LogP contribution in [0.1, 0.15) is 5.56 Å². The van der Waals surface area contributed by atoms with Crippen molar-refractivity contribution in [2.45, 2.75) is 0 Å². The van der Waals surface area contributed by atoms with Crippen LogP contribution >= 0.6 is 11.8 Å². The first-order valence-corrected chi connectivity index (χ1v) is 7.07. The molecule has 0 aliphatic carbocycles. The number of anilines is 1. The van der Waals surface area contributed by atoms with Crippen LogP contribution in [0, 0.1) is 22.7 Å². The molecule has 7 heteroatoms. The average molecular weight is 297 g/mol. The van der Waals surface area contributed by atoms with Crippen LogP contribution < -0.4 is 10.6 Å². The van der Waals surface area contributed by atoms with Crippen LogP contribution in [0.2, 0.25) is 0 Å². The largest absolute Gasteiger partial charge is 0.340 e. The van der Waals surface area contributed by atoms with Gasteiger partial charge in [-0.3, -0.25) is 9.79 Å². The molecule has 0 saturated carbocycles. The first-order valence-electron chi connectivity index (χ1n) is 6.09. The van der Waals surface area contributed by atoms with Gasteiger partial charge in [0, 0.05) is 12.0 Å². The number of nitrogens with zero attached hydrogens (tertiary/aromatic N) is 3. The second-order valence-corrected chi connectivity index (χ2v) is 5.04. The minimum atomic E-state index is -0.573. The van der Waals surface area contributed by atoms with E-state index in [1.807, 2.05) is 12.1 Å². The minimum absolute atomic E-state index is 0.0852. The number of aliphatic imine (C=N–C) groups is 1. The fraction of sp³-hybridized carbons (Fsp3) is 0.143. The third-order valence-electron chi connectivity index (χ3n) is 2.59. The number of benzene rings is 1. The van der Waals surface area contributed by atoms with Crippen LogP contribution in [0.5, 0.6) is 0 Å². The molecule has 0 unspecified atom stereocenters. The topological polar surface area (TPSA) is 101 Å². The third-order valence-corrected chi connectivity index (χ3v) is 3.49. The molecule has 1 heterocycles. The van der Waals surface area contributed by atoms with E-state index in [9.17, 15) is 4.79 Å². The van der Waals surface area contributed by atoms with E-state index in [1.54, 1.807) is 24.3 Å². The average Bonchev–Trinajstić information content (AvgIpc) is 3.02. The van der Waals surface area contributed by atoms with E-state index >= 15 is 0 Å². The number of rotatable bonds is 3. The van der Waals surface area contributed by atoms with Gasteiger partial charge in [-0.1, -0.05) is 23.9 Å². The maximum Gasteiger partial charge on any atom is 0.267 e. The second kappa shape index (κ2) is 7.13. The van der Waals surface area contributed by atoms with Crippen molar-refractivity contribution in [2.75, 3.05) is 17.6 Å². The van der Waals surface area contributed by atoms with Gasteiger partial charge >= 0.3 is 0 Å². The van der Waals surface area contributed by atoms with Crippen molar-refractivity contribution in [3.8, 4) is 12.1 Å². The molecule has 0 radical (unpaired) electrons. The van der Waals surface area contributed by atoms with E-state index in [0.29, 0.717) is 16.4 Å². The van der Waals surface area contributed by atoms with Crippen LogP contribution in [0.15, 0.2) is 41.0 Å². The summed E-state index contributed by atoms with van der Waals surface area (Å²) in [7, 11) is 0. The Morgan fingerprint density at radius 2 is 2.19 bits per heavy atom. The van der Waals surface area contributed by atoms with E-state index in [4.69, 9.17) is 10.5 Å². The van der Waals surface area contributed by atoms with E-state index < -0.39 is 5.91 Å². The summed E-state index contributed by atoms with van der Waals surface area (Å²) >= 11 is 1.53. The Balaban J connectivity index is 2.08. The maximum absolute atomic E-state index is 12.0. The number of nitrogens with one attached hydrogen (secondary N) is 2. The number of hydrogen-bond donors (Lipinski definition) is 2. The lowest BCUT2D eigenvalue weighted by molar-refractivity contribution is -0.112. The second-order valence-electron chi connectivity index (χ2n) is 3.96. The van der Waals surface area contributed by atoms with Crippen molar-refractivity contribution < 1.29 is 4.79 Å². The Bertz CT molecular complexity index is 696. The van der Waals surface area contributed by atoms with Crippen LogP contribution in [0.3, 0.4) is 0 Å². The number of carbonyl (C=O) groups is 1. The molecule has 0 fully saturated rings. The maximum atomic E-state index is 12.0. The molecule has 1 aliphatic heterocycles. The van der Waals surface area contributed by atoms with Crippen LogP contribution in [0.4, 0.5) is 5.69 Å². The van der Waals surface area contributed by atoms with Crippen molar-refractivity contribution >= 4 is 28.5 Å². The monoisotopic (exact) mass is 297 g/mol. The van der Waals surface area contributed by atoms with Crippen molar-refractivity contribution in [1.82, 2.24) is 5.32 Å². The third kappa shape index (κ3) is 3.85. The van der Waals surface area contributed by atoms with Gasteiger partial charge < -0.3 is 10.6 Å². The summed E-state index contributed by atoms with van der Waals surface area (Å²) in [4.78, 5) is 16.2. The van der Waals surface area contributed by atoms with Crippen LogP contribution in [-0.4, -0.2) is 23.4 Å². The molecule has 0 saturated heterocycles. The smallest absolute Gasteiger partial charge is 0.267 e. The molecule has 0 bridgehead atoms. The Hall–Kier alpha value is -2.77. The summed E-state index contributed by atoms with van der Waals surface area (Å²) in [5, 5.41) is 24.1. The highest BCUT2D eigenvalue weighted by atomic mass is 32.2. The lowest BCUT2D eigenvalue weighted by Crippen LogP contribution is -2.19. The first-order chi connectivity index (χ1) is 10.2. The summed E-state index contributed by atoms with van der Waals surface area (Å²) in [6.07, 6.45) is 1.32. The molecule has 2 N–H and O–H groups in total. The summed E-state index contributed by atoms with van der Waals surface area (Å²) in [5.41, 5.74) is 0.628. The predicted molar refractivity (Wildman–Crippen MR) is 81.4 cm³/mol. The molecule has 2 rings (SSSR count). The first kappa shape index (κ1) is 14.6. The van der Waals surface area contributed by atoms with E-state index in [-0.39, 0.29) is 5.57 Å². The van der Waals surface area contributed by atoms with Crippen molar-refractivity contribution in [3.63, 3.8) is 0 Å². The van der Waals surface area contributed by atoms with Gasteiger partial charge in [0.25, 0.3) is 5.91 Å². The molecule has 6 nitrogen and oxygen atoms in total. The highest BCUT2D eigenvalue weighted by Crippen LogP contribution is 2.14. The zero-order valence-corrected chi connectivity index (χ0v) is 11.8. The normalized spacial score (nSPS) is 13.8. The van der Waals surface area contributed by atoms with E-state index in [2.05, 4.69) is 15.6 Å². The fourth-order valence-electron chi connectivity index (χ4n) is 1.58. The highest BCUT2D eigenvalue weighted by molar-refractivity contribution is 8.14. The van der Waals surface area contributed by atoms with Gasteiger partial charge in [-0.15, -0.1) is 0 Å². The van der Waals surface area contributed by atoms with Gasteiger partial charge in [-0.25, -0.2) is 0 Å². The Morgan fingerprint density at radius 1 is 1.38 bits per heavy atom. The molecule has 0 spiro atoms. The van der Waals surface area contributed by atoms with Gasteiger partial charge in [0.1, 0.15) is 17.7 Å². The molecule has 1 aromatic rings. The highest BCUT2D eigenvalue weighted by Gasteiger charge is 2.12. The minimum Gasteiger partial charge on any atom is -0.340 e. The molecule has 1 aliphatic rings. The molecular weight excluding hydrogens is 286 g/mol. The summed E-state index contributed by atoms with van der Waals surface area (Å²) in [6.45, 7) is 0.727. The number of thioether (sulfide) groups is 1. The lowest BCUT2D eigenvalue weighted by atomic mass is 10.2. The van der Waals surface area contributed by atoms with Gasteiger partial charge in [-0.2, -0.15) is 10.5 Å². The predicted octanol–water partition coefficient (Wildman–Crippen LogP) is 1.60. The van der Waals surface area contributed by atoms with E-state index in [1.165, 1.54) is 18.0 Å². The van der Waals surface area contributed by atoms with Gasteiger partial charge in [0.2, 0.25) is 0 Å². The van der Waals surface area contributed by atoms with Crippen LogP contribution in [0.25, 0.3) is 0 Å². The molecule has 1 aromatic carbocycles. The van der Waals surface area contributed by atoms with Gasteiger partial charge in [0.05, 0.1) is 17.8 Å². The number of carbonyl (C=O) groups excluding carboxylic acids is 1. The van der Waals surface area contributed by atoms with Crippen molar-refractivity contribution in [2.24, 2.45) is 4.99 Å². The number of para-hydroxylation sites is 1. The number of nitriles is 2. The standard InChI is InChI=1S/C14H11N5OS/c15-7-10-3-1-2-4-12(10)19-13(20)11(8-16)9-18-14-17-5-6-21-14/h1-4,9H,5-6H2,(H,17,18)(H,19,20)/b11-9-. The molecule has 0 aromatic heterocycles. The SMILES string of the molecule is N#C/C(=C/NC1=NCCS1)C(=O)Nc1ccccc1C#N. The number of hydrogen-bond acceptors (Lipinski definition) is 6. The fourth-order valence-corrected chi connectivity index (χ4v) is 2.28. The molecule has 21 heavy (non-hydrogen) atoms. The molecule has 104 valence electrons. The van der Waals surface area contributed by atoms with E-state index in [0.717, 1.165) is 12.3 Å².